The van der Waals surface area contributed by atoms with Crippen LogP contribution in [0.4, 0.5) is 13.2 Å². The first-order valence-electron chi connectivity index (χ1n) is 5.35. The molecule has 1 aliphatic rings. The van der Waals surface area contributed by atoms with Gasteiger partial charge in [0, 0.05) is 6.42 Å². The molecule has 0 saturated carbocycles. The number of rotatable bonds is 1. The molecule has 1 aromatic carbocycles. The van der Waals surface area contributed by atoms with Gasteiger partial charge in [-0.2, -0.15) is 0 Å². The van der Waals surface area contributed by atoms with Crippen LogP contribution in [0.15, 0.2) is 24.3 Å². The minimum Gasteiger partial charge on any atom is -0.303 e. The number of nitrogens with one attached hydrogen (secondary N) is 1. The van der Waals surface area contributed by atoms with Crippen molar-refractivity contribution in [2.45, 2.75) is 31.2 Å². The first-order chi connectivity index (χ1) is 7.46. The molecule has 0 aliphatic carbocycles. The van der Waals surface area contributed by atoms with E-state index in [4.69, 9.17) is 0 Å². The molecule has 1 saturated heterocycles. The van der Waals surface area contributed by atoms with Crippen LogP contribution in [0.1, 0.15) is 25.3 Å². The van der Waals surface area contributed by atoms with Crippen LogP contribution in [-0.4, -0.2) is 12.5 Å². The maximum atomic E-state index is 13.9. The molecule has 4 heteroatoms. The lowest BCUT2D eigenvalue weighted by Crippen LogP contribution is -2.57. The topological polar surface area (TPSA) is 12.0 Å². The summed E-state index contributed by atoms with van der Waals surface area (Å²) >= 11 is 0. The fourth-order valence-corrected chi connectivity index (χ4v) is 2.14. The molecular formula is C12H14F3N. The number of piperidine rings is 1. The SMILES string of the molecule is CC1(c2cccc(F)c2)NCCCC1(F)F. The van der Waals surface area contributed by atoms with Gasteiger partial charge < -0.3 is 5.32 Å². The fraction of sp³-hybridized carbons (Fsp3) is 0.500. The third-order valence-electron chi connectivity index (χ3n) is 3.28. The van der Waals surface area contributed by atoms with Crippen molar-refractivity contribution in [3.8, 4) is 0 Å². The average Bonchev–Trinajstić information content (AvgIpc) is 2.22. The molecule has 1 nitrogen and oxygen atoms in total. The molecule has 0 amide bonds. The molecule has 2 rings (SSSR count). The summed E-state index contributed by atoms with van der Waals surface area (Å²) in [4.78, 5) is 0. The fourth-order valence-electron chi connectivity index (χ4n) is 2.14. The molecule has 1 fully saturated rings. The number of hydrogen-bond acceptors (Lipinski definition) is 1. The van der Waals surface area contributed by atoms with E-state index in [2.05, 4.69) is 5.32 Å². The summed E-state index contributed by atoms with van der Waals surface area (Å²) in [5.74, 6) is -3.33. The van der Waals surface area contributed by atoms with Crippen molar-refractivity contribution in [3.63, 3.8) is 0 Å². The zero-order valence-corrected chi connectivity index (χ0v) is 9.06. The van der Waals surface area contributed by atoms with Gasteiger partial charge in [0.1, 0.15) is 11.4 Å². The highest BCUT2D eigenvalue weighted by molar-refractivity contribution is 5.28. The average molecular weight is 229 g/mol. The monoisotopic (exact) mass is 229 g/mol. The summed E-state index contributed by atoms with van der Waals surface area (Å²) in [5.41, 5.74) is -1.16. The summed E-state index contributed by atoms with van der Waals surface area (Å²) in [6, 6.07) is 5.43. The smallest absolute Gasteiger partial charge is 0.269 e. The van der Waals surface area contributed by atoms with Gasteiger partial charge in [0.25, 0.3) is 5.92 Å². The van der Waals surface area contributed by atoms with E-state index >= 15 is 0 Å². The summed E-state index contributed by atoms with van der Waals surface area (Å²) in [7, 11) is 0. The van der Waals surface area contributed by atoms with Gasteiger partial charge in [-0.15, -0.1) is 0 Å². The van der Waals surface area contributed by atoms with Crippen molar-refractivity contribution in [1.29, 1.82) is 0 Å². The second-order valence-electron chi connectivity index (χ2n) is 4.37. The molecular weight excluding hydrogens is 215 g/mol. The second kappa shape index (κ2) is 3.77. The predicted molar refractivity (Wildman–Crippen MR) is 55.9 cm³/mol. The van der Waals surface area contributed by atoms with Crippen LogP contribution < -0.4 is 5.32 Å². The van der Waals surface area contributed by atoms with Crippen LogP contribution in [-0.2, 0) is 5.54 Å². The highest BCUT2D eigenvalue weighted by Gasteiger charge is 2.52. The van der Waals surface area contributed by atoms with Gasteiger partial charge in [-0.1, -0.05) is 12.1 Å². The standard InChI is InChI=1S/C12H14F3N/c1-11(9-4-2-5-10(13)8-9)12(14,15)6-3-7-16-11/h2,4-5,8,16H,3,6-7H2,1H3. The van der Waals surface area contributed by atoms with Crippen LogP contribution >= 0.6 is 0 Å². The molecule has 88 valence electrons. The van der Waals surface area contributed by atoms with Gasteiger partial charge in [0.15, 0.2) is 0 Å². The van der Waals surface area contributed by atoms with E-state index in [0.29, 0.717) is 18.5 Å². The van der Waals surface area contributed by atoms with Crippen molar-refractivity contribution >= 4 is 0 Å². The number of alkyl halides is 2. The molecule has 1 N–H and O–H groups in total. The Balaban J connectivity index is 2.43. The second-order valence-corrected chi connectivity index (χ2v) is 4.37. The van der Waals surface area contributed by atoms with E-state index in [9.17, 15) is 13.2 Å². The Morgan fingerprint density at radius 1 is 1.31 bits per heavy atom. The quantitative estimate of drug-likeness (QED) is 0.780. The first-order valence-corrected chi connectivity index (χ1v) is 5.35. The lowest BCUT2D eigenvalue weighted by Gasteiger charge is -2.42. The lowest BCUT2D eigenvalue weighted by molar-refractivity contribution is -0.110. The molecule has 0 aromatic heterocycles. The minimum atomic E-state index is -2.85. The summed E-state index contributed by atoms with van der Waals surface area (Å²) in [5, 5.41) is 2.81. The Bertz CT molecular complexity index is 392. The van der Waals surface area contributed by atoms with Crippen LogP contribution in [0.25, 0.3) is 0 Å². The molecule has 1 unspecified atom stereocenters. The van der Waals surface area contributed by atoms with Gasteiger partial charge in [0.05, 0.1) is 0 Å². The van der Waals surface area contributed by atoms with Crippen LogP contribution in [0.5, 0.6) is 0 Å². The van der Waals surface area contributed by atoms with E-state index < -0.39 is 17.3 Å². The van der Waals surface area contributed by atoms with Crippen molar-refractivity contribution < 1.29 is 13.2 Å². The number of benzene rings is 1. The van der Waals surface area contributed by atoms with E-state index in [0.717, 1.165) is 0 Å². The zero-order chi connectivity index (χ0) is 11.8. The first kappa shape index (κ1) is 11.5. The Hall–Kier alpha value is -1.03. The van der Waals surface area contributed by atoms with Gasteiger partial charge in [-0.3, -0.25) is 0 Å². The Morgan fingerprint density at radius 3 is 2.69 bits per heavy atom. The summed E-state index contributed by atoms with van der Waals surface area (Å²) in [6.07, 6.45) is 0.283. The molecule has 0 spiro atoms. The van der Waals surface area contributed by atoms with Crippen LogP contribution in [0.2, 0.25) is 0 Å². The molecule has 0 radical (unpaired) electrons. The third kappa shape index (κ3) is 1.71. The van der Waals surface area contributed by atoms with E-state index in [1.54, 1.807) is 0 Å². The summed E-state index contributed by atoms with van der Waals surface area (Å²) < 4.78 is 40.8. The zero-order valence-electron chi connectivity index (χ0n) is 9.06. The Morgan fingerprint density at radius 2 is 2.06 bits per heavy atom. The Labute approximate surface area is 92.7 Å². The van der Waals surface area contributed by atoms with E-state index in [1.165, 1.54) is 31.2 Å². The third-order valence-corrected chi connectivity index (χ3v) is 3.28. The van der Waals surface area contributed by atoms with Crippen LogP contribution in [0, 0.1) is 5.82 Å². The van der Waals surface area contributed by atoms with Crippen molar-refractivity contribution in [2.24, 2.45) is 0 Å². The highest BCUT2D eigenvalue weighted by atomic mass is 19.3. The molecule has 0 bridgehead atoms. The van der Waals surface area contributed by atoms with E-state index in [1.807, 2.05) is 0 Å². The van der Waals surface area contributed by atoms with Gasteiger partial charge >= 0.3 is 0 Å². The highest BCUT2D eigenvalue weighted by Crippen LogP contribution is 2.42. The maximum Gasteiger partial charge on any atom is 0.269 e. The van der Waals surface area contributed by atoms with Crippen molar-refractivity contribution in [2.75, 3.05) is 6.54 Å². The molecule has 1 aromatic rings. The molecule has 1 atom stereocenters. The number of hydrogen-bond donors (Lipinski definition) is 1. The minimum absolute atomic E-state index is 0.160. The van der Waals surface area contributed by atoms with Crippen LogP contribution in [0.3, 0.4) is 0 Å². The molecule has 1 aliphatic heterocycles. The van der Waals surface area contributed by atoms with Gasteiger partial charge in [0.2, 0.25) is 0 Å². The van der Waals surface area contributed by atoms with E-state index in [-0.39, 0.29) is 6.42 Å². The van der Waals surface area contributed by atoms with Crippen molar-refractivity contribution in [1.82, 2.24) is 5.32 Å². The predicted octanol–water partition coefficient (Wildman–Crippen LogP) is 3.06. The maximum absolute atomic E-state index is 13.9. The van der Waals surface area contributed by atoms with Gasteiger partial charge in [-0.05, 0) is 37.6 Å². The Kier molecular flexibility index (Phi) is 2.70. The normalized spacial score (nSPS) is 29.0. The largest absolute Gasteiger partial charge is 0.303 e. The summed E-state index contributed by atoms with van der Waals surface area (Å²) in [6.45, 7) is 1.96. The number of halogens is 3. The molecule has 16 heavy (non-hydrogen) atoms. The van der Waals surface area contributed by atoms with Crippen molar-refractivity contribution in [3.05, 3.63) is 35.6 Å². The van der Waals surface area contributed by atoms with Gasteiger partial charge in [-0.25, -0.2) is 13.2 Å². The lowest BCUT2D eigenvalue weighted by atomic mass is 9.80. The molecule has 1 heterocycles.